The topological polar surface area (TPSA) is 41.6 Å². The normalized spacial score (nSPS) is 10.5. The summed E-state index contributed by atoms with van der Waals surface area (Å²) < 4.78 is 0. The fourth-order valence-electron chi connectivity index (χ4n) is 2.04. The van der Waals surface area contributed by atoms with E-state index in [-0.39, 0.29) is 0 Å². The quantitative estimate of drug-likeness (QED) is 0.739. The standard InChI is InChI=1S/C15H13N3/c1-11-4-3-8-16-15(11)13-6-2-5-12(10-13)14-7-9-17-18-14/h2-10H,1H3,(H,17,18). The van der Waals surface area contributed by atoms with Gasteiger partial charge in [0.15, 0.2) is 0 Å². The van der Waals surface area contributed by atoms with Crippen LogP contribution in [0.25, 0.3) is 22.5 Å². The second-order valence-corrected chi connectivity index (χ2v) is 4.22. The highest BCUT2D eigenvalue weighted by Crippen LogP contribution is 2.25. The fourth-order valence-corrected chi connectivity index (χ4v) is 2.04. The van der Waals surface area contributed by atoms with Gasteiger partial charge < -0.3 is 0 Å². The summed E-state index contributed by atoms with van der Waals surface area (Å²) in [7, 11) is 0. The fraction of sp³-hybridized carbons (Fsp3) is 0.0667. The second-order valence-electron chi connectivity index (χ2n) is 4.22. The monoisotopic (exact) mass is 235 g/mol. The Bertz CT molecular complexity index is 657. The van der Waals surface area contributed by atoms with Crippen molar-refractivity contribution in [3.8, 4) is 22.5 Å². The van der Waals surface area contributed by atoms with Crippen molar-refractivity contribution in [2.24, 2.45) is 0 Å². The first-order valence-corrected chi connectivity index (χ1v) is 5.86. The number of pyridine rings is 1. The minimum Gasteiger partial charge on any atom is -0.278 e. The van der Waals surface area contributed by atoms with Crippen molar-refractivity contribution in [3.63, 3.8) is 0 Å². The Morgan fingerprint density at radius 1 is 0.944 bits per heavy atom. The van der Waals surface area contributed by atoms with Gasteiger partial charge in [0, 0.05) is 23.5 Å². The summed E-state index contributed by atoms with van der Waals surface area (Å²) >= 11 is 0. The van der Waals surface area contributed by atoms with Crippen LogP contribution < -0.4 is 0 Å². The second kappa shape index (κ2) is 4.45. The van der Waals surface area contributed by atoms with E-state index in [0.29, 0.717) is 0 Å². The van der Waals surface area contributed by atoms with Gasteiger partial charge in [-0.05, 0) is 30.7 Å². The number of aromatic amines is 1. The minimum absolute atomic E-state index is 1.02. The van der Waals surface area contributed by atoms with E-state index < -0.39 is 0 Å². The summed E-state index contributed by atoms with van der Waals surface area (Å²) in [5, 5.41) is 6.95. The molecule has 0 saturated carbocycles. The van der Waals surface area contributed by atoms with Crippen molar-refractivity contribution < 1.29 is 0 Å². The van der Waals surface area contributed by atoms with Gasteiger partial charge in [0.05, 0.1) is 11.4 Å². The SMILES string of the molecule is Cc1cccnc1-c1cccc(-c2ccn[nH]2)c1. The Balaban J connectivity index is 2.10. The molecule has 2 heterocycles. The van der Waals surface area contributed by atoms with Crippen LogP contribution in [0.4, 0.5) is 0 Å². The number of aromatic nitrogens is 3. The summed E-state index contributed by atoms with van der Waals surface area (Å²) in [5.74, 6) is 0. The van der Waals surface area contributed by atoms with Gasteiger partial charge in [-0.1, -0.05) is 24.3 Å². The molecule has 3 nitrogen and oxygen atoms in total. The maximum Gasteiger partial charge on any atom is 0.0731 e. The molecular weight excluding hydrogens is 222 g/mol. The minimum atomic E-state index is 1.02. The molecule has 0 atom stereocenters. The molecule has 3 aromatic rings. The Morgan fingerprint density at radius 3 is 2.61 bits per heavy atom. The maximum atomic E-state index is 4.45. The first-order chi connectivity index (χ1) is 8.84. The maximum absolute atomic E-state index is 4.45. The molecule has 2 aromatic heterocycles. The van der Waals surface area contributed by atoms with E-state index in [2.05, 4.69) is 46.4 Å². The van der Waals surface area contributed by atoms with E-state index in [4.69, 9.17) is 0 Å². The summed E-state index contributed by atoms with van der Waals surface area (Å²) in [4.78, 5) is 4.45. The van der Waals surface area contributed by atoms with Gasteiger partial charge in [0.25, 0.3) is 0 Å². The zero-order valence-corrected chi connectivity index (χ0v) is 10.1. The zero-order chi connectivity index (χ0) is 12.4. The Morgan fingerprint density at radius 2 is 1.83 bits per heavy atom. The smallest absolute Gasteiger partial charge is 0.0731 e. The molecule has 0 spiro atoms. The molecule has 1 N–H and O–H groups in total. The van der Waals surface area contributed by atoms with Crippen LogP contribution in [0.2, 0.25) is 0 Å². The van der Waals surface area contributed by atoms with Crippen molar-refractivity contribution in [1.82, 2.24) is 15.2 Å². The van der Waals surface area contributed by atoms with E-state index in [1.54, 1.807) is 6.20 Å². The Hall–Kier alpha value is -2.42. The van der Waals surface area contributed by atoms with E-state index in [0.717, 1.165) is 22.5 Å². The van der Waals surface area contributed by atoms with Gasteiger partial charge >= 0.3 is 0 Å². The third-order valence-electron chi connectivity index (χ3n) is 2.96. The molecule has 3 heteroatoms. The largest absolute Gasteiger partial charge is 0.278 e. The zero-order valence-electron chi connectivity index (χ0n) is 10.1. The molecule has 88 valence electrons. The highest BCUT2D eigenvalue weighted by molar-refractivity contribution is 5.70. The van der Waals surface area contributed by atoms with Crippen molar-refractivity contribution in [2.45, 2.75) is 6.92 Å². The third kappa shape index (κ3) is 1.91. The predicted octanol–water partition coefficient (Wildman–Crippen LogP) is 3.45. The number of nitrogens with one attached hydrogen (secondary N) is 1. The van der Waals surface area contributed by atoms with Crippen LogP contribution in [0.15, 0.2) is 54.9 Å². The summed E-state index contributed by atoms with van der Waals surface area (Å²) in [6.07, 6.45) is 3.58. The van der Waals surface area contributed by atoms with Crippen LogP contribution in [-0.2, 0) is 0 Å². The molecule has 3 rings (SSSR count). The Kier molecular flexibility index (Phi) is 2.65. The highest BCUT2D eigenvalue weighted by Gasteiger charge is 2.05. The predicted molar refractivity (Wildman–Crippen MR) is 72.0 cm³/mol. The van der Waals surface area contributed by atoms with Crippen LogP contribution >= 0.6 is 0 Å². The molecule has 0 saturated heterocycles. The van der Waals surface area contributed by atoms with E-state index in [1.165, 1.54) is 5.56 Å². The Labute approximate surface area is 106 Å². The van der Waals surface area contributed by atoms with Gasteiger partial charge in [0.2, 0.25) is 0 Å². The molecule has 0 unspecified atom stereocenters. The molecule has 0 aliphatic heterocycles. The van der Waals surface area contributed by atoms with Crippen molar-refractivity contribution in [3.05, 3.63) is 60.4 Å². The van der Waals surface area contributed by atoms with Gasteiger partial charge in [0.1, 0.15) is 0 Å². The average molecular weight is 235 g/mol. The number of benzene rings is 1. The number of hydrogen-bond donors (Lipinski definition) is 1. The first-order valence-electron chi connectivity index (χ1n) is 5.86. The summed E-state index contributed by atoms with van der Waals surface area (Å²) in [6.45, 7) is 2.07. The molecule has 0 bridgehead atoms. The lowest BCUT2D eigenvalue weighted by molar-refractivity contribution is 1.10. The number of rotatable bonds is 2. The lowest BCUT2D eigenvalue weighted by Crippen LogP contribution is -1.88. The molecular formula is C15H13N3. The van der Waals surface area contributed by atoms with Crippen LogP contribution in [0.5, 0.6) is 0 Å². The van der Waals surface area contributed by atoms with Gasteiger partial charge in [-0.2, -0.15) is 5.10 Å². The average Bonchev–Trinajstić information content (AvgIpc) is 2.93. The van der Waals surface area contributed by atoms with Gasteiger partial charge in [-0.15, -0.1) is 0 Å². The van der Waals surface area contributed by atoms with Crippen LogP contribution in [0.3, 0.4) is 0 Å². The van der Waals surface area contributed by atoms with Gasteiger partial charge in [-0.3, -0.25) is 10.1 Å². The molecule has 0 fully saturated rings. The molecule has 1 aromatic carbocycles. The van der Waals surface area contributed by atoms with Crippen molar-refractivity contribution in [2.75, 3.05) is 0 Å². The van der Waals surface area contributed by atoms with Gasteiger partial charge in [-0.25, -0.2) is 0 Å². The molecule has 18 heavy (non-hydrogen) atoms. The van der Waals surface area contributed by atoms with E-state index in [9.17, 15) is 0 Å². The summed E-state index contributed by atoms with van der Waals surface area (Å²) in [5.41, 5.74) is 5.47. The molecule has 0 aliphatic carbocycles. The van der Waals surface area contributed by atoms with E-state index >= 15 is 0 Å². The van der Waals surface area contributed by atoms with Crippen LogP contribution in [0, 0.1) is 6.92 Å². The van der Waals surface area contributed by atoms with Crippen molar-refractivity contribution in [1.29, 1.82) is 0 Å². The number of hydrogen-bond acceptors (Lipinski definition) is 2. The first kappa shape index (κ1) is 10.7. The van der Waals surface area contributed by atoms with E-state index in [1.807, 2.05) is 24.4 Å². The molecule has 0 radical (unpaired) electrons. The number of nitrogens with zero attached hydrogens (tertiary/aromatic N) is 2. The van der Waals surface area contributed by atoms with Crippen LogP contribution in [0.1, 0.15) is 5.56 Å². The number of aryl methyl sites for hydroxylation is 1. The number of H-pyrrole nitrogens is 1. The molecule has 0 amide bonds. The molecule has 0 aliphatic rings. The van der Waals surface area contributed by atoms with Crippen LogP contribution in [-0.4, -0.2) is 15.2 Å². The third-order valence-corrected chi connectivity index (χ3v) is 2.96. The van der Waals surface area contributed by atoms with Crippen molar-refractivity contribution >= 4 is 0 Å². The summed E-state index contributed by atoms with van der Waals surface area (Å²) in [6, 6.07) is 14.3. The highest BCUT2D eigenvalue weighted by atomic mass is 15.1. The lowest BCUT2D eigenvalue weighted by Gasteiger charge is -2.06. The lowest BCUT2D eigenvalue weighted by atomic mass is 10.0.